The zero-order chi connectivity index (χ0) is 26.0. The number of carbonyl (C=O) groups excluding carboxylic acids is 2. The van der Waals surface area contributed by atoms with E-state index in [1.54, 1.807) is 36.4 Å². The van der Waals surface area contributed by atoms with Crippen LogP contribution in [0.4, 0.5) is 11.4 Å². The molecule has 0 unspecified atom stereocenters. The lowest BCUT2D eigenvalue weighted by atomic mass is 10.2. The quantitative estimate of drug-likeness (QED) is 0.309. The smallest absolute Gasteiger partial charge is 0.284 e. The fourth-order valence-electron chi connectivity index (χ4n) is 3.57. The first-order valence-corrected chi connectivity index (χ1v) is 11.3. The molecule has 0 atom stereocenters. The van der Waals surface area contributed by atoms with Gasteiger partial charge in [0, 0.05) is 22.7 Å². The number of amides is 2. The Morgan fingerprint density at radius 1 is 1.06 bits per heavy atom. The number of aromatic nitrogens is 2. The predicted octanol–water partition coefficient (Wildman–Crippen LogP) is 4.78. The van der Waals surface area contributed by atoms with Crippen molar-refractivity contribution in [3.05, 3.63) is 80.7 Å². The number of anilines is 1. The summed E-state index contributed by atoms with van der Waals surface area (Å²) in [5.41, 5.74) is 0.511. The highest BCUT2D eigenvalue weighted by Crippen LogP contribution is 2.39. The van der Waals surface area contributed by atoms with E-state index >= 15 is 0 Å². The van der Waals surface area contributed by atoms with E-state index in [4.69, 9.17) is 23.2 Å². The molecule has 0 saturated heterocycles. The molecular formula is C24H19Cl2N5O5. The van der Waals surface area contributed by atoms with Gasteiger partial charge in [-0.25, -0.2) is 0 Å². The number of para-hydroxylation sites is 1. The number of nitrogens with zero attached hydrogens (tertiary/aromatic N) is 4. The lowest BCUT2D eigenvalue weighted by molar-refractivity contribution is -0.119. The zero-order valence-electron chi connectivity index (χ0n) is 18.8. The number of fused-ring (bicyclic) bond motifs is 1. The first-order chi connectivity index (χ1) is 17.2. The Hall–Kier alpha value is -4.15. The number of benzene rings is 2. The molecule has 4 rings (SSSR count). The minimum atomic E-state index is -0.687. The summed E-state index contributed by atoms with van der Waals surface area (Å²) in [6.45, 7) is 0.931. The Balaban J connectivity index is 1.58. The highest BCUT2D eigenvalue weighted by atomic mass is 35.5. The third kappa shape index (κ3) is 5.09. The van der Waals surface area contributed by atoms with Gasteiger partial charge < -0.3 is 24.7 Å². The number of hydrogen-bond acceptors (Lipinski definition) is 6. The summed E-state index contributed by atoms with van der Waals surface area (Å²) in [4.78, 5) is 36.6. The fraction of sp³-hybridized carbons (Fsp3) is 0.125. The number of carbonyl (C=O) groups is 2. The summed E-state index contributed by atoms with van der Waals surface area (Å²) >= 11 is 12.0. The lowest BCUT2D eigenvalue weighted by Gasteiger charge is -2.10. The van der Waals surface area contributed by atoms with Crippen LogP contribution in [0, 0.1) is 6.92 Å². The Kier molecular flexibility index (Phi) is 7.09. The average Bonchev–Trinajstić information content (AvgIpc) is 3.10. The minimum Gasteiger partial charge on any atom is -0.503 e. The molecule has 2 aromatic carbocycles. The SMILES string of the molecule is Cc1c(O)c(=O)ccn1CC(=O)N=Nc1c(O)n(CC(=O)Nc2ccc(Cl)cc2Cl)c2ccccc12. The van der Waals surface area contributed by atoms with Crippen LogP contribution in [0.5, 0.6) is 11.6 Å². The van der Waals surface area contributed by atoms with Crippen LogP contribution in [0.3, 0.4) is 0 Å². The van der Waals surface area contributed by atoms with E-state index in [2.05, 4.69) is 15.5 Å². The van der Waals surface area contributed by atoms with Crippen molar-refractivity contribution >= 4 is 57.3 Å². The Bertz CT molecular complexity index is 1590. The molecule has 2 aromatic heterocycles. The summed E-state index contributed by atoms with van der Waals surface area (Å²) in [6, 6.07) is 12.6. The Morgan fingerprint density at radius 2 is 1.81 bits per heavy atom. The maximum absolute atomic E-state index is 12.7. The molecule has 36 heavy (non-hydrogen) atoms. The van der Waals surface area contributed by atoms with Gasteiger partial charge in [-0.05, 0) is 31.2 Å². The molecule has 0 aliphatic heterocycles. The van der Waals surface area contributed by atoms with E-state index in [0.717, 1.165) is 6.07 Å². The molecule has 10 nitrogen and oxygen atoms in total. The van der Waals surface area contributed by atoms with E-state index in [1.807, 2.05) is 0 Å². The molecule has 0 saturated carbocycles. The summed E-state index contributed by atoms with van der Waals surface area (Å²) < 4.78 is 2.69. The number of halogens is 2. The first kappa shape index (κ1) is 25.0. The molecule has 0 fully saturated rings. The van der Waals surface area contributed by atoms with Crippen molar-refractivity contribution in [1.82, 2.24) is 9.13 Å². The summed E-state index contributed by atoms with van der Waals surface area (Å²) in [5, 5.41) is 32.0. The molecule has 0 radical (unpaired) electrons. The van der Waals surface area contributed by atoms with Gasteiger partial charge in [-0.1, -0.05) is 41.4 Å². The molecule has 3 N–H and O–H groups in total. The van der Waals surface area contributed by atoms with E-state index in [1.165, 1.54) is 28.3 Å². The van der Waals surface area contributed by atoms with Crippen molar-refractivity contribution in [3.8, 4) is 11.6 Å². The molecule has 0 aliphatic carbocycles. The monoisotopic (exact) mass is 527 g/mol. The number of pyridine rings is 1. The molecule has 4 aromatic rings. The highest BCUT2D eigenvalue weighted by molar-refractivity contribution is 6.36. The van der Waals surface area contributed by atoms with E-state index in [0.29, 0.717) is 21.6 Å². The molecule has 12 heteroatoms. The maximum atomic E-state index is 12.7. The molecule has 0 bridgehead atoms. The zero-order valence-corrected chi connectivity index (χ0v) is 20.3. The van der Waals surface area contributed by atoms with E-state index < -0.39 is 23.0 Å². The van der Waals surface area contributed by atoms with Crippen LogP contribution in [-0.4, -0.2) is 31.2 Å². The molecule has 2 heterocycles. The van der Waals surface area contributed by atoms with Gasteiger partial charge in [-0.2, -0.15) is 0 Å². The Labute approximate surface area is 214 Å². The van der Waals surface area contributed by atoms with Crippen molar-refractivity contribution < 1.29 is 19.8 Å². The van der Waals surface area contributed by atoms with Gasteiger partial charge in [-0.15, -0.1) is 10.2 Å². The lowest BCUT2D eigenvalue weighted by Crippen LogP contribution is -2.18. The number of aromatic hydroxyl groups is 2. The average molecular weight is 528 g/mol. The molecule has 184 valence electrons. The summed E-state index contributed by atoms with van der Waals surface area (Å²) in [6.07, 6.45) is 1.36. The second kappa shape index (κ2) is 10.2. The van der Waals surface area contributed by atoms with Crippen LogP contribution in [0.2, 0.25) is 10.0 Å². The summed E-state index contributed by atoms with van der Waals surface area (Å²) in [5.74, 6) is -1.97. The second-order valence-corrected chi connectivity index (χ2v) is 8.63. The van der Waals surface area contributed by atoms with Gasteiger partial charge in [0.2, 0.25) is 17.2 Å². The summed E-state index contributed by atoms with van der Waals surface area (Å²) in [7, 11) is 0. The third-order valence-electron chi connectivity index (χ3n) is 5.40. The number of nitrogens with one attached hydrogen (secondary N) is 1. The molecule has 0 aliphatic rings. The van der Waals surface area contributed by atoms with E-state index in [-0.39, 0.29) is 35.4 Å². The van der Waals surface area contributed by atoms with Crippen LogP contribution in [0.25, 0.3) is 10.9 Å². The number of azo groups is 1. The van der Waals surface area contributed by atoms with Gasteiger partial charge in [0.25, 0.3) is 5.91 Å². The standard InChI is InChI=1S/C24H19Cl2N5O5/c1-13-23(35)19(32)8-9-30(13)11-21(34)28-29-22-15-4-2-3-5-18(15)31(24(22)36)12-20(33)27-17-7-6-14(25)10-16(17)26/h2-10,35-36H,11-12H2,1H3,(H,27,33). The van der Waals surface area contributed by atoms with Crippen LogP contribution >= 0.6 is 23.2 Å². The van der Waals surface area contributed by atoms with Crippen LogP contribution < -0.4 is 10.7 Å². The maximum Gasteiger partial charge on any atom is 0.284 e. The van der Waals surface area contributed by atoms with Gasteiger partial charge in [0.1, 0.15) is 13.1 Å². The minimum absolute atomic E-state index is 0.00995. The Morgan fingerprint density at radius 3 is 2.56 bits per heavy atom. The molecule has 0 spiro atoms. The first-order valence-electron chi connectivity index (χ1n) is 10.5. The third-order valence-corrected chi connectivity index (χ3v) is 5.95. The molecule has 2 amide bonds. The van der Waals surface area contributed by atoms with Gasteiger partial charge in [0.15, 0.2) is 11.4 Å². The van der Waals surface area contributed by atoms with Gasteiger partial charge >= 0.3 is 0 Å². The highest BCUT2D eigenvalue weighted by Gasteiger charge is 2.19. The topological polar surface area (TPSA) is 138 Å². The van der Waals surface area contributed by atoms with Gasteiger partial charge in [-0.3, -0.25) is 14.4 Å². The normalized spacial score (nSPS) is 11.3. The van der Waals surface area contributed by atoms with Crippen LogP contribution in [0.15, 0.2) is 69.8 Å². The van der Waals surface area contributed by atoms with Crippen LogP contribution in [-0.2, 0) is 22.7 Å². The van der Waals surface area contributed by atoms with Crippen molar-refractivity contribution in [1.29, 1.82) is 0 Å². The van der Waals surface area contributed by atoms with Crippen LogP contribution in [0.1, 0.15) is 5.69 Å². The number of hydrogen-bond donors (Lipinski definition) is 3. The van der Waals surface area contributed by atoms with Crippen molar-refractivity contribution in [2.24, 2.45) is 10.2 Å². The van der Waals surface area contributed by atoms with Crippen molar-refractivity contribution in [2.75, 3.05) is 5.32 Å². The van der Waals surface area contributed by atoms with Crippen molar-refractivity contribution in [3.63, 3.8) is 0 Å². The predicted molar refractivity (Wildman–Crippen MR) is 135 cm³/mol. The number of rotatable bonds is 6. The second-order valence-electron chi connectivity index (χ2n) is 7.78. The largest absolute Gasteiger partial charge is 0.503 e. The van der Waals surface area contributed by atoms with Crippen molar-refractivity contribution in [2.45, 2.75) is 20.0 Å². The van der Waals surface area contributed by atoms with Gasteiger partial charge in [0.05, 0.1) is 21.9 Å². The fourth-order valence-corrected chi connectivity index (χ4v) is 4.03. The molecular weight excluding hydrogens is 509 g/mol. The van der Waals surface area contributed by atoms with E-state index in [9.17, 15) is 24.6 Å².